The summed E-state index contributed by atoms with van der Waals surface area (Å²) < 4.78 is 6.13. The number of hydrogen-bond donors (Lipinski definition) is 1. The van der Waals surface area contributed by atoms with Crippen LogP contribution in [0.5, 0.6) is 5.75 Å². The van der Waals surface area contributed by atoms with Crippen molar-refractivity contribution >= 4 is 44.1 Å². The van der Waals surface area contributed by atoms with Crippen LogP contribution < -0.4 is 9.64 Å². The Morgan fingerprint density at radius 3 is 2.45 bits per heavy atom. The summed E-state index contributed by atoms with van der Waals surface area (Å²) in [5.74, 6) is -0.978. The molecule has 3 aromatic carbocycles. The molecule has 2 heterocycles. The molecule has 0 saturated carbocycles. The van der Waals surface area contributed by atoms with Crippen LogP contribution in [0.4, 0.5) is 5.13 Å². The van der Waals surface area contributed by atoms with Gasteiger partial charge in [-0.3, -0.25) is 14.5 Å². The molecule has 0 radical (unpaired) electrons. The third-order valence-electron chi connectivity index (χ3n) is 5.68. The summed E-state index contributed by atoms with van der Waals surface area (Å²) in [7, 11) is 1.59. The maximum absolute atomic E-state index is 13.3. The molecule has 0 bridgehead atoms. The van der Waals surface area contributed by atoms with Crippen molar-refractivity contribution in [1.82, 2.24) is 4.98 Å². The van der Waals surface area contributed by atoms with Crippen molar-refractivity contribution in [2.75, 3.05) is 12.0 Å². The third kappa shape index (κ3) is 3.56. The lowest BCUT2D eigenvalue weighted by Crippen LogP contribution is -2.29. The quantitative estimate of drug-likeness (QED) is 0.258. The molecule has 1 saturated heterocycles. The number of nitrogens with zero attached hydrogens (tertiary/aromatic N) is 2. The average Bonchev–Trinajstić information content (AvgIpc) is 3.37. The largest absolute Gasteiger partial charge is 0.507 e. The van der Waals surface area contributed by atoms with Crippen LogP contribution >= 0.6 is 11.3 Å². The van der Waals surface area contributed by atoms with Gasteiger partial charge in [0.15, 0.2) is 5.13 Å². The van der Waals surface area contributed by atoms with Gasteiger partial charge in [-0.25, -0.2) is 4.98 Å². The van der Waals surface area contributed by atoms with Crippen LogP contribution in [0, 0.1) is 6.92 Å². The molecule has 5 rings (SSSR count). The van der Waals surface area contributed by atoms with Gasteiger partial charge in [-0.05, 0) is 30.7 Å². The summed E-state index contributed by atoms with van der Waals surface area (Å²) >= 11 is 1.30. The molecule has 7 heteroatoms. The smallest absolute Gasteiger partial charge is 0.301 e. The van der Waals surface area contributed by atoms with E-state index >= 15 is 0 Å². The zero-order valence-electron chi connectivity index (χ0n) is 18.0. The van der Waals surface area contributed by atoms with Crippen molar-refractivity contribution in [3.8, 4) is 5.75 Å². The molecule has 0 aliphatic carbocycles. The molecule has 0 unspecified atom stereocenters. The standard InChI is InChI=1S/C26H20N2O4S/c1-15-8-10-17(11-9-15)23(29)21-22(16-6-4-3-5-7-16)28(25(31)24(21)30)26-27-19-13-12-18(32-2)14-20(19)33-26/h3-14,22,29H,1-2H3/b23-21+/t22-/m0/s1. The lowest BCUT2D eigenvalue weighted by molar-refractivity contribution is -0.132. The number of aromatic nitrogens is 1. The van der Waals surface area contributed by atoms with Crippen molar-refractivity contribution in [2.24, 2.45) is 0 Å². The first-order valence-corrected chi connectivity index (χ1v) is 11.2. The van der Waals surface area contributed by atoms with Crippen molar-refractivity contribution in [3.05, 3.63) is 95.1 Å². The number of aliphatic hydroxyl groups excluding tert-OH is 1. The summed E-state index contributed by atoms with van der Waals surface area (Å²) in [5, 5.41) is 11.5. The van der Waals surface area contributed by atoms with Crippen LogP contribution in [-0.2, 0) is 9.59 Å². The number of ether oxygens (including phenoxy) is 1. The number of anilines is 1. The third-order valence-corrected chi connectivity index (χ3v) is 6.69. The molecule has 1 fully saturated rings. The first kappa shape index (κ1) is 20.9. The number of fused-ring (bicyclic) bond motifs is 1. The number of aryl methyl sites for hydroxylation is 1. The fourth-order valence-corrected chi connectivity index (χ4v) is 4.99. The Bertz CT molecular complexity index is 1410. The van der Waals surface area contributed by atoms with Gasteiger partial charge in [-0.1, -0.05) is 71.5 Å². The maximum Gasteiger partial charge on any atom is 0.301 e. The summed E-state index contributed by atoms with van der Waals surface area (Å²) in [6.45, 7) is 1.94. The number of carbonyl (C=O) groups excluding carboxylic acids is 2. The molecule has 1 aromatic heterocycles. The molecule has 1 N–H and O–H groups in total. The van der Waals surface area contributed by atoms with Crippen LogP contribution in [0.3, 0.4) is 0 Å². The van der Waals surface area contributed by atoms with Gasteiger partial charge in [-0.2, -0.15) is 0 Å². The van der Waals surface area contributed by atoms with Crippen LogP contribution in [0.1, 0.15) is 22.7 Å². The van der Waals surface area contributed by atoms with Gasteiger partial charge in [-0.15, -0.1) is 0 Å². The summed E-state index contributed by atoms with van der Waals surface area (Å²) in [6, 6.07) is 21.0. The molecule has 6 nitrogen and oxygen atoms in total. The number of thiazole rings is 1. The predicted molar refractivity (Wildman–Crippen MR) is 129 cm³/mol. The second-order valence-corrected chi connectivity index (χ2v) is 8.79. The zero-order valence-corrected chi connectivity index (χ0v) is 18.8. The Morgan fingerprint density at radius 2 is 1.76 bits per heavy atom. The zero-order chi connectivity index (χ0) is 23.1. The molecule has 4 aromatic rings. The monoisotopic (exact) mass is 456 g/mol. The number of hydrogen-bond acceptors (Lipinski definition) is 6. The van der Waals surface area contributed by atoms with Gasteiger partial charge >= 0.3 is 5.91 Å². The normalized spacial score (nSPS) is 17.6. The van der Waals surface area contributed by atoms with E-state index in [9.17, 15) is 14.7 Å². The number of benzene rings is 3. The van der Waals surface area contributed by atoms with Crippen LogP contribution in [0.25, 0.3) is 16.0 Å². The summed E-state index contributed by atoms with van der Waals surface area (Å²) in [6.07, 6.45) is 0. The molecule has 0 spiro atoms. The number of Topliss-reactive ketones (excluding diaryl/α,β-unsaturated/α-hetero) is 1. The van der Waals surface area contributed by atoms with Crippen molar-refractivity contribution in [1.29, 1.82) is 0 Å². The van der Waals surface area contributed by atoms with Gasteiger partial charge in [0.1, 0.15) is 11.5 Å². The topological polar surface area (TPSA) is 79.7 Å². The van der Waals surface area contributed by atoms with E-state index in [2.05, 4.69) is 4.98 Å². The van der Waals surface area contributed by atoms with Crippen LogP contribution in [0.2, 0.25) is 0 Å². The van der Waals surface area contributed by atoms with Crippen molar-refractivity contribution in [3.63, 3.8) is 0 Å². The predicted octanol–water partition coefficient (Wildman–Crippen LogP) is 5.24. The fraction of sp³-hybridized carbons (Fsp3) is 0.115. The molecule has 1 amide bonds. The molecule has 1 atom stereocenters. The van der Waals surface area contributed by atoms with E-state index in [0.29, 0.717) is 27.5 Å². The van der Waals surface area contributed by atoms with Gasteiger partial charge < -0.3 is 9.84 Å². The highest BCUT2D eigenvalue weighted by Gasteiger charge is 2.48. The molecular weight excluding hydrogens is 436 g/mol. The Labute approximate surface area is 194 Å². The highest BCUT2D eigenvalue weighted by atomic mass is 32.1. The van der Waals surface area contributed by atoms with Crippen molar-refractivity contribution in [2.45, 2.75) is 13.0 Å². The first-order valence-electron chi connectivity index (χ1n) is 10.4. The number of amides is 1. The lowest BCUT2D eigenvalue weighted by atomic mass is 9.95. The van der Waals surface area contributed by atoms with E-state index in [1.807, 2.05) is 61.5 Å². The highest BCUT2D eigenvalue weighted by molar-refractivity contribution is 7.22. The van der Waals surface area contributed by atoms with Gasteiger partial charge in [0.05, 0.1) is 28.9 Å². The fourth-order valence-electron chi connectivity index (χ4n) is 3.97. The van der Waals surface area contributed by atoms with E-state index in [4.69, 9.17) is 4.74 Å². The summed E-state index contributed by atoms with van der Waals surface area (Å²) in [4.78, 5) is 32.5. The molecule has 164 valence electrons. The van der Waals surface area contributed by atoms with Gasteiger partial charge in [0, 0.05) is 5.56 Å². The molecule has 33 heavy (non-hydrogen) atoms. The van der Waals surface area contributed by atoms with E-state index in [1.54, 1.807) is 25.3 Å². The lowest BCUT2D eigenvalue weighted by Gasteiger charge is -2.22. The SMILES string of the molecule is COc1ccc2nc(N3C(=O)C(=O)/C(=C(/O)c4ccc(C)cc4)[C@@H]3c3ccccc3)sc2c1. The second kappa shape index (κ2) is 8.18. The van der Waals surface area contributed by atoms with Gasteiger partial charge in [0.25, 0.3) is 5.78 Å². The number of rotatable bonds is 4. The highest BCUT2D eigenvalue weighted by Crippen LogP contribution is 2.44. The van der Waals surface area contributed by atoms with Crippen LogP contribution in [-0.4, -0.2) is 28.9 Å². The number of aliphatic hydroxyl groups is 1. The van der Waals surface area contributed by atoms with Gasteiger partial charge in [0.2, 0.25) is 0 Å². The maximum atomic E-state index is 13.3. The first-order chi connectivity index (χ1) is 16.0. The molecular formula is C26H20N2O4S. The Kier molecular flexibility index (Phi) is 5.18. The Balaban J connectivity index is 1.71. The minimum absolute atomic E-state index is 0.0480. The van der Waals surface area contributed by atoms with E-state index in [-0.39, 0.29) is 11.3 Å². The Morgan fingerprint density at radius 1 is 1.03 bits per heavy atom. The van der Waals surface area contributed by atoms with E-state index in [0.717, 1.165) is 10.3 Å². The van der Waals surface area contributed by atoms with E-state index in [1.165, 1.54) is 16.2 Å². The van der Waals surface area contributed by atoms with Crippen LogP contribution in [0.15, 0.2) is 78.4 Å². The number of ketones is 1. The average molecular weight is 457 g/mol. The van der Waals surface area contributed by atoms with E-state index < -0.39 is 17.7 Å². The minimum Gasteiger partial charge on any atom is -0.507 e. The number of carbonyl (C=O) groups is 2. The second-order valence-electron chi connectivity index (χ2n) is 7.78. The summed E-state index contributed by atoms with van der Waals surface area (Å²) in [5.41, 5.74) is 2.96. The molecule has 1 aliphatic rings. The Hall–Kier alpha value is -3.97. The molecule has 1 aliphatic heterocycles. The number of methoxy groups -OCH3 is 1. The minimum atomic E-state index is -0.796. The van der Waals surface area contributed by atoms with Crippen molar-refractivity contribution < 1.29 is 19.4 Å².